The summed E-state index contributed by atoms with van der Waals surface area (Å²) in [6.45, 7) is 1.93. The normalized spacial score (nSPS) is 12.3. The molecule has 0 aliphatic rings. The molecule has 0 saturated heterocycles. The van der Waals surface area contributed by atoms with E-state index in [0.717, 1.165) is 5.76 Å². The Hall–Kier alpha value is -2.56. The fourth-order valence-corrected chi connectivity index (χ4v) is 4.54. The Kier molecular flexibility index (Phi) is 7.35. The number of amides is 1. The quantitative estimate of drug-likeness (QED) is 0.486. The predicted octanol–water partition coefficient (Wildman–Crippen LogP) is 4.17. The molecule has 0 fully saturated rings. The number of nitrogens with zero attached hydrogens (tertiary/aromatic N) is 2. The van der Waals surface area contributed by atoms with Crippen molar-refractivity contribution in [1.82, 2.24) is 10.2 Å². The molecule has 158 valence electrons. The van der Waals surface area contributed by atoms with E-state index in [4.69, 9.17) is 16.0 Å². The highest BCUT2D eigenvalue weighted by molar-refractivity contribution is 7.99. The summed E-state index contributed by atoms with van der Waals surface area (Å²) in [7, 11) is -3.85. The van der Waals surface area contributed by atoms with E-state index in [-0.39, 0.29) is 27.0 Å². The molecule has 0 aliphatic carbocycles. The van der Waals surface area contributed by atoms with E-state index in [2.05, 4.69) is 20.2 Å². The minimum Gasteiger partial charge on any atom is -0.468 e. The van der Waals surface area contributed by atoms with Crippen LogP contribution in [0.1, 0.15) is 19.1 Å². The fraction of sp³-hybridized carbons (Fsp3) is 0.211. The van der Waals surface area contributed by atoms with Crippen molar-refractivity contribution in [2.24, 2.45) is 0 Å². The Balaban J connectivity index is 1.61. The van der Waals surface area contributed by atoms with Crippen LogP contribution in [0.3, 0.4) is 0 Å². The molecule has 2 aromatic heterocycles. The third-order valence-electron chi connectivity index (χ3n) is 3.97. The molecule has 30 heavy (non-hydrogen) atoms. The van der Waals surface area contributed by atoms with Crippen molar-refractivity contribution in [2.75, 3.05) is 10.0 Å². The largest absolute Gasteiger partial charge is 0.468 e. The monoisotopic (exact) mass is 466 g/mol. The number of benzene rings is 1. The van der Waals surface area contributed by atoms with Gasteiger partial charge in [-0.25, -0.2) is 8.42 Å². The standard InChI is InChI=1S/C19H19ClN4O4S2/c1-2-16(29-12-14-4-3-11-28-14)19(25)21-13-5-7-15(8-6-13)30(26,27)24-18-10-9-17(20)22-23-18/h3-11,16H,2,12H2,1H3,(H,21,25)(H,23,24). The van der Waals surface area contributed by atoms with Gasteiger partial charge in [-0.15, -0.1) is 22.0 Å². The first-order valence-electron chi connectivity index (χ1n) is 8.94. The number of carbonyl (C=O) groups excluding carboxylic acids is 1. The van der Waals surface area contributed by atoms with Crippen molar-refractivity contribution in [1.29, 1.82) is 0 Å². The molecule has 1 atom stereocenters. The highest BCUT2D eigenvalue weighted by Crippen LogP contribution is 2.23. The molecule has 0 saturated carbocycles. The van der Waals surface area contributed by atoms with E-state index < -0.39 is 10.0 Å². The molecule has 0 aliphatic heterocycles. The topological polar surface area (TPSA) is 114 Å². The summed E-state index contributed by atoms with van der Waals surface area (Å²) >= 11 is 7.13. The average Bonchev–Trinajstić information content (AvgIpc) is 3.24. The van der Waals surface area contributed by atoms with Gasteiger partial charge >= 0.3 is 0 Å². The van der Waals surface area contributed by atoms with Gasteiger partial charge in [0.25, 0.3) is 10.0 Å². The number of thioether (sulfide) groups is 1. The van der Waals surface area contributed by atoms with Gasteiger partial charge in [0.05, 0.1) is 22.2 Å². The van der Waals surface area contributed by atoms with Crippen LogP contribution in [-0.4, -0.2) is 29.8 Å². The molecule has 0 spiro atoms. The van der Waals surface area contributed by atoms with Crippen molar-refractivity contribution >= 4 is 50.8 Å². The molecule has 3 aromatic rings. The maximum Gasteiger partial charge on any atom is 0.263 e. The number of halogens is 1. The summed E-state index contributed by atoms with van der Waals surface area (Å²) in [5.41, 5.74) is 0.502. The third kappa shape index (κ3) is 5.97. The van der Waals surface area contributed by atoms with Crippen LogP contribution >= 0.6 is 23.4 Å². The lowest BCUT2D eigenvalue weighted by Gasteiger charge is -2.14. The van der Waals surface area contributed by atoms with Crippen LogP contribution in [0.25, 0.3) is 0 Å². The van der Waals surface area contributed by atoms with Gasteiger partial charge in [-0.3, -0.25) is 9.52 Å². The summed E-state index contributed by atoms with van der Waals surface area (Å²) < 4.78 is 32.5. The Morgan fingerprint density at radius 2 is 1.93 bits per heavy atom. The van der Waals surface area contributed by atoms with Crippen molar-refractivity contribution in [3.8, 4) is 0 Å². The summed E-state index contributed by atoms with van der Waals surface area (Å²) in [4.78, 5) is 12.6. The fourth-order valence-electron chi connectivity index (χ4n) is 2.46. The second-order valence-electron chi connectivity index (χ2n) is 6.15. The van der Waals surface area contributed by atoms with Crippen molar-refractivity contribution in [2.45, 2.75) is 29.2 Å². The lowest BCUT2D eigenvalue weighted by Crippen LogP contribution is -2.24. The number of carbonyl (C=O) groups is 1. The number of nitrogens with one attached hydrogen (secondary N) is 2. The maximum atomic E-state index is 12.5. The highest BCUT2D eigenvalue weighted by Gasteiger charge is 2.19. The molecular formula is C19H19ClN4O4S2. The first-order chi connectivity index (χ1) is 14.4. The molecule has 11 heteroatoms. The number of furan rings is 1. The second-order valence-corrected chi connectivity index (χ2v) is 9.41. The number of sulfonamides is 1. The van der Waals surface area contributed by atoms with E-state index in [1.54, 1.807) is 12.3 Å². The van der Waals surface area contributed by atoms with E-state index in [9.17, 15) is 13.2 Å². The minimum absolute atomic E-state index is 0.0245. The average molecular weight is 467 g/mol. The zero-order chi connectivity index (χ0) is 21.6. The summed E-state index contributed by atoms with van der Waals surface area (Å²) in [5, 5.41) is 9.98. The van der Waals surface area contributed by atoms with Crippen molar-refractivity contribution in [3.05, 3.63) is 65.7 Å². The van der Waals surface area contributed by atoms with Gasteiger partial charge in [0, 0.05) is 5.69 Å². The van der Waals surface area contributed by atoms with Crippen molar-refractivity contribution < 1.29 is 17.6 Å². The van der Waals surface area contributed by atoms with Crippen LogP contribution in [-0.2, 0) is 20.6 Å². The van der Waals surface area contributed by atoms with Gasteiger partial charge in [-0.1, -0.05) is 18.5 Å². The zero-order valence-corrected chi connectivity index (χ0v) is 18.3. The van der Waals surface area contributed by atoms with E-state index >= 15 is 0 Å². The number of hydrogen-bond acceptors (Lipinski definition) is 7. The van der Waals surface area contributed by atoms with Gasteiger partial charge in [0.1, 0.15) is 5.76 Å². The van der Waals surface area contributed by atoms with Gasteiger partial charge < -0.3 is 9.73 Å². The first-order valence-corrected chi connectivity index (χ1v) is 11.9. The zero-order valence-electron chi connectivity index (χ0n) is 15.9. The Labute approximate surface area is 183 Å². The molecule has 2 heterocycles. The SMILES string of the molecule is CCC(SCc1ccco1)C(=O)Nc1ccc(S(=O)(=O)Nc2ccc(Cl)nn2)cc1. The predicted molar refractivity (Wildman–Crippen MR) is 117 cm³/mol. The smallest absolute Gasteiger partial charge is 0.263 e. The minimum atomic E-state index is -3.85. The summed E-state index contributed by atoms with van der Waals surface area (Å²) in [6.07, 6.45) is 2.25. The Bertz CT molecular complexity index is 1070. The Morgan fingerprint density at radius 3 is 2.53 bits per heavy atom. The lowest BCUT2D eigenvalue weighted by molar-refractivity contribution is -0.115. The number of anilines is 2. The molecule has 1 unspecified atom stereocenters. The molecular weight excluding hydrogens is 448 g/mol. The highest BCUT2D eigenvalue weighted by atomic mass is 35.5. The van der Waals surface area contributed by atoms with Gasteiger partial charge in [-0.05, 0) is 55.0 Å². The van der Waals surface area contributed by atoms with E-state index in [1.807, 2.05) is 13.0 Å². The van der Waals surface area contributed by atoms with E-state index in [0.29, 0.717) is 17.9 Å². The molecule has 2 N–H and O–H groups in total. The Morgan fingerprint density at radius 1 is 1.17 bits per heavy atom. The second kappa shape index (κ2) is 9.96. The number of aromatic nitrogens is 2. The van der Waals surface area contributed by atoms with Gasteiger partial charge in [0.2, 0.25) is 5.91 Å². The van der Waals surface area contributed by atoms with Gasteiger partial charge in [-0.2, -0.15) is 0 Å². The summed E-state index contributed by atoms with van der Waals surface area (Å²) in [5.74, 6) is 1.30. The molecule has 1 aromatic carbocycles. The van der Waals surface area contributed by atoms with Gasteiger partial charge in [0.15, 0.2) is 11.0 Å². The van der Waals surface area contributed by atoms with Crippen molar-refractivity contribution in [3.63, 3.8) is 0 Å². The van der Waals surface area contributed by atoms with Crippen LogP contribution in [0.15, 0.2) is 64.1 Å². The van der Waals surface area contributed by atoms with Crippen LogP contribution < -0.4 is 10.0 Å². The van der Waals surface area contributed by atoms with Crippen LogP contribution in [0, 0.1) is 0 Å². The lowest BCUT2D eigenvalue weighted by atomic mass is 10.3. The van der Waals surface area contributed by atoms with E-state index in [1.165, 1.54) is 48.2 Å². The van der Waals surface area contributed by atoms with Crippen LogP contribution in [0.4, 0.5) is 11.5 Å². The first kappa shape index (κ1) is 22.1. The molecule has 0 bridgehead atoms. The molecule has 1 amide bonds. The summed E-state index contributed by atoms with van der Waals surface area (Å²) in [6, 6.07) is 12.4. The number of hydrogen-bond donors (Lipinski definition) is 2. The third-order valence-corrected chi connectivity index (χ3v) is 6.95. The van der Waals surface area contributed by atoms with Crippen LogP contribution in [0.5, 0.6) is 0 Å². The molecule has 3 rings (SSSR count). The number of rotatable bonds is 9. The maximum absolute atomic E-state index is 12.5. The molecule has 0 radical (unpaired) electrons. The molecule has 8 nitrogen and oxygen atoms in total. The van der Waals surface area contributed by atoms with Crippen LogP contribution in [0.2, 0.25) is 5.15 Å².